The van der Waals surface area contributed by atoms with Crippen molar-refractivity contribution in [3.05, 3.63) is 71.8 Å². The Bertz CT molecular complexity index is 872. The monoisotopic (exact) mass is 458 g/mol. The van der Waals surface area contributed by atoms with Crippen LogP contribution < -0.4 is 0 Å². The molecular formula is C25H30O8. The van der Waals surface area contributed by atoms with E-state index in [9.17, 15) is 19.8 Å². The fourth-order valence-electron chi connectivity index (χ4n) is 3.49. The number of ketones is 1. The zero-order valence-electron chi connectivity index (χ0n) is 18.5. The van der Waals surface area contributed by atoms with Gasteiger partial charge in [0.15, 0.2) is 6.29 Å². The van der Waals surface area contributed by atoms with Crippen LogP contribution in [-0.2, 0) is 41.8 Å². The molecule has 0 radical (unpaired) electrons. The van der Waals surface area contributed by atoms with Crippen molar-refractivity contribution >= 4 is 11.8 Å². The SMILES string of the molecule is CC(=O)CCC(=O)OC[C@H]1O[C@@H](O)[C@H](O)[C@@H](OCc2ccccc2)[C@@H]1OCc1ccccc1. The number of ether oxygens (including phenoxy) is 4. The molecule has 1 saturated heterocycles. The van der Waals surface area contributed by atoms with E-state index in [-0.39, 0.29) is 38.4 Å². The van der Waals surface area contributed by atoms with Gasteiger partial charge in [-0.25, -0.2) is 0 Å². The Morgan fingerprint density at radius 1 is 0.848 bits per heavy atom. The molecule has 33 heavy (non-hydrogen) atoms. The highest BCUT2D eigenvalue weighted by Gasteiger charge is 2.46. The predicted molar refractivity (Wildman–Crippen MR) is 118 cm³/mol. The summed E-state index contributed by atoms with van der Waals surface area (Å²) < 4.78 is 22.8. The van der Waals surface area contributed by atoms with Crippen molar-refractivity contribution in [3.8, 4) is 0 Å². The van der Waals surface area contributed by atoms with Crippen LogP contribution in [0.2, 0.25) is 0 Å². The van der Waals surface area contributed by atoms with Crippen LogP contribution in [-0.4, -0.2) is 59.3 Å². The Kier molecular flexibility index (Phi) is 9.53. The number of carbonyl (C=O) groups is 2. The minimum absolute atomic E-state index is 0.0449. The molecule has 1 aliphatic rings. The van der Waals surface area contributed by atoms with E-state index < -0.39 is 36.7 Å². The molecule has 178 valence electrons. The average Bonchev–Trinajstić information content (AvgIpc) is 2.82. The maximum atomic E-state index is 12.0. The Morgan fingerprint density at radius 3 is 1.94 bits per heavy atom. The second-order valence-electron chi connectivity index (χ2n) is 7.96. The lowest BCUT2D eigenvalue weighted by atomic mass is 9.98. The van der Waals surface area contributed by atoms with E-state index in [4.69, 9.17) is 18.9 Å². The molecule has 0 amide bonds. The van der Waals surface area contributed by atoms with Crippen molar-refractivity contribution in [2.45, 2.75) is 63.7 Å². The molecule has 0 unspecified atom stereocenters. The van der Waals surface area contributed by atoms with Crippen molar-refractivity contribution in [1.29, 1.82) is 0 Å². The van der Waals surface area contributed by atoms with Gasteiger partial charge in [0, 0.05) is 6.42 Å². The molecule has 2 aromatic carbocycles. The summed E-state index contributed by atoms with van der Waals surface area (Å²) in [5.74, 6) is -0.671. The van der Waals surface area contributed by atoms with Crippen molar-refractivity contribution in [2.24, 2.45) is 0 Å². The van der Waals surface area contributed by atoms with E-state index >= 15 is 0 Å². The Labute approximate surface area is 193 Å². The van der Waals surface area contributed by atoms with Crippen LogP contribution in [0.1, 0.15) is 30.9 Å². The fourth-order valence-corrected chi connectivity index (χ4v) is 3.49. The maximum absolute atomic E-state index is 12.0. The van der Waals surface area contributed by atoms with Gasteiger partial charge in [-0.1, -0.05) is 60.7 Å². The number of hydrogen-bond donors (Lipinski definition) is 2. The van der Waals surface area contributed by atoms with E-state index in [0.717, 1.165) is 11.1 Å². The van der Waals surface area contributed by atoms with Crippen LogP contribution >= 0.6 is 0 Å². The Hall–Kier alpha value is -2.62. The molecule has 0 bridgehead atoms. The summed E-state index contributed by atoms with van der Waals surface area (Å²) in [6.45, 7) is 1.58. The molecule has 0 spiro atoms. The maximum Gasteiger partial charge on any atom is 0.306 e. The van der Waals surface area contributed by atoms with Gasteiger partial charge in [-0.3, -0.25) is 4.79 Å². The number of aliphatic hydroxyl groups excluding tert-OH is 2. The standard InChI is InChI=1S/C25H30O8/c1-17(26)12-13-21(27)30-16-20-23(31-14-18-8-4-2-5-9-18)24(22(28)25(29)33-20)32-15-19-10-6-3-7-11-19/h2-11,20,22-25,28-29H,12-16H2,1H3/t20-,22-,23-,24-,25-/m1/s1. The summed E-state index contributed by atoms with van der Waals surface area (Å²) in [6, 6.07) is 18.9. The molecule has 2 aromatic rings. The average molecular weight is 459 g/mol. The van der Waals surface area contributed by atoms with Crippen LogP contribution in [0.4, 0.5) is 0 Å². The predicted octanol–water partition coefficient (Wildman–Crippen LogP) is 2.15. The Morgan fingerprint density at radius 2 is 1.39 bits per heavy atom. The van der Waals surface area contributed by atoms with Gasteiger partial charge < -0.3 is 34.0 Å². The molecule has 1 aliphatic heterocycles. The molecule has 5 atom stereocenters. The van der Waals surface area contributed by atoms with Crippen molar-refractivity contribution in [3.63, 3.8) is 0 Å². The van der Waals surface area contributed by atoms with E-state index in [1.54, 1.807) is 0 Å². The molecule has 1 fully saturated rings. The highest BCUT2D eigenvalue weighted by molar-refractivity contribution is 5.80. The normalized spacial score (nSPS) is 24.9. The Balaban J connectivity index is 1.71. The number of esters is 1. The van der Waals surface area contributed by atoms with Gasteiger partial charge in [0.25, 0.3) is 0 Å². The van der Waals surface area contributed by atoms with Gasteiger partial charge in [0.1, 0.15) is 36.8 Å². The lowest BCUT2D eigenvalue weighted by Crippen LogP contribution is -2.60. The zero-order chi connectivity index (χ0) is 23.6. The molecule has 0 aliphatic carbocycles. The van der Waals surface area contributed by atoms with Gasteiger partial charge in [0.05, 0.1) is 19.6 Å². The minimum atomic E-state index is -1.54. The third kappa shape index (κ3) is 7.73. The summed E-state index contributed by atoms with van der Waals surface area (Å²) in [6.07, 6.45) is -5.50. The van der Waals surface area contributed by atoms with E-state index in [1.165, 1.54) is 6.92 Å². The number of rotatable bonds is 11. The quantitative estimate of drug-likeness (QED) is 0.493. The molecule has 2 N–H and O–H groups in total. The van der Waals surface area contributed by atoms with Gasteiger partial charge in [-0.2, -0.15) is 0 Å². The fraction of sp³-hybridized carbons (Fsp3) is 0.440. The van der Waals surface area contributed by atoms with Crippen molar-refractivity contribution in [1.82, 2.24) is 0 Å². The smallest absolute Gasteiger partial charge is 0.306 e. The van der Waals surface area contributed by atoms with Crippen LogP contribution in [0.5, 0.6) is 0 Å². The zero-order valence-corrected chi connectivity index (χ0v) is 18.5. The number of hydrogen-bond acceptors (Lipinski definition) is 8. The molecule has 0 saturated carbocycles. The number of carbonyl (C=O) groups excluding carboxylic acids is 2. The molecule has 1 heterocycles. The highest BCUT2D eigenvalue weighted by atomic mass is 16.7. The first-order valence-corrected chi connectivity index (χ1v) is 10.9. The molecule has 0 aromatic heterocycles. The molecule has 3 rings (SSSR count). The van der Waals surface area contributed by atoms with Crippen molar-refractivity contribution < 1.29 is 38.7 Å². The van der Waals surface area contributed by atoms with Crippen LogP contribution in [0.3, 0.4) is 0 Å². The summed E-state index contributed by atoms with van der Waals surface area (Å²) >= 11 is 0. The first-order chi connectivity index (χ1) is 15.9. The molecule has 8 nitrogen and oxygen atoms in total. The van der Waals surface area contributed by atoms with Gasteiger partial charge >= 0.3 is 5.97 Å². The summed E-state index contributed by atoms with van der Waals surface area (Å²) in [5.41, 5.74) is 1.79. The molecule has 8 heteroatoms. The van der Waals surface area contributed by atoms with E-state index in [0.29, 0.717) is 0 Å². The first-order valence-electron chi connectivity index (χ1n) is 10.9. The minimum Gasteiger partial charge on any atom is -0.463 e. The number of Topliss-reactive ketones (excluding diaryl/α,β-unsaturated/α-hetero) is 1. The van der Waals surface area contributed by atoms with Crippen LogP contribution in [0.15, 0.2) is 60.7 Å². The number of benzene rings is 2. The second-order valence-corrected chi connectivity index (χ2v) is 7.96. The van der Waals surface area contributed by atoms with Gasteiger partial charge in [-0.15, -0.1) is 0 Å². The van der Waals surface area contributed by atoms with Crippen LogP contribution in [0, 0.1) is 0 Å². The highest BCUT2D eigenvalue weighted by Crippen LogP contribution is 2.27. The third-order valence-corrected chi connectivity index (χ3v) is 5.29. The topological polar surface area (TPSA) is 112 Å². The number of aliphatic hydroxyl groups is 2. The third-order valence-electron chi connectivity index (χ3n) is 5.29. The van der Waals surface area contributed by atoms with Gasteiger partial charge in [0.2, 0.25) is 0 Å². The van der Waals surface area contributed by atoms with E-state index in [1.807, 2.05) is 60.7 Å². The molecular weight excluding hydrogens is 428 g/mol. The van der Waals surface area contributed by atoms with Gasteiger partial charge in [-0.05, 0) is 18.1 Å². The van der Waals surface area contributed by atoms with Crippen molar-refractivity contribution in [2.75, 3.05) is 6.61 Å². The second kappa shape index (κ2) is 12.6. The van der Waals surface area contributed by atoms with Crippen LogP contribution in [0.25, 0.3) is 0 Å². The summed E-state index contributed by atoms with van der Waals surface area (Å²) in [4.78, 5) is 23.1. The summed E-state index contributed by atoms with van der Waals surface area (Å²) in [7, 11) is 0. The lowest BCUT2D eigenvalue weighted by molar-refractivity contribution is -0.305. The first kappa shape index (κ1) is 25.0. The summed E-state index contributed by atoms with van der Waals surface area (Å²) in [5, 5.41) is 20.9. The lowest BCUT2D eigenvalue weighted by Gasteiger charge is -2.42. The largest absolute Gasteiger partial charge is 0.463 e. The van der Waals surface area contributed by atoms with E-state index in [2.05, 4.69) is 0 Å².